The van der Waals surface area contributed by atoms with Crippen LogP contribution in [-0.4, -0.2) is 82.1 Å². The SMILES string of the molecule is O=C(Oc1cc2ccccc2cc1NC(=S)Nc1ccc([N+](=O)[O-])cc1)c1ccc2c(c1)OCCOCCOCCOCCOCCO2. The van der Waals surface area contributed by atoms with Crippen molar-refractivity contribution in [3.8, 4) is 17.2 Å². The molecule has 5 rings (SSSR count). The fourth-order valence-corrected chi connectivity index (χ4v) is 4.79. The zero-order chi connectivity index (χ0) is 33.6. The lowest BCUT2D eigenvalue weighted by Crippen LogP contribution is -2.20. The fourth-order valence-electron chi connectivity index (χ4n) is 4.56. The van der Waals surface area contributed by atoms with E-state index in [4.69, 9.17) is 45.4 Å². The van der Waals surface area contributed by atoms with Crippen molar-refractivity contribution in [1.29, 1.82) is 0 Å². The van der Waals surface area contributed by atoms with E-state index in [-0.39, 0.29) is 35.3 Å². The number of non-ortho nitro benzene ring substituents is 1. The topological polar surface area (TPSA) is 149 Å². The second kappa shape index (κ2) is 17.9. The van der Waals surface area contributed by atoms with Gasteiger partial charge in [0.15, 0.2) is 22.4 Å². The summed E-state index contributed by atoms with van der Waals surface area (Å²) in [5, 5.41) is 19.0. The molecule has 13 nitrogen and oxygen atoms in total. The van der Waals surface area contributed by atoms with Crippen molar-refractivity contribution in [3.05, 3.63) is 94.5 Å². The van der Waals surface area contributed by atoms with E-state index in [1.807, 2.05) is 30.3 Å². The molecule has 48 heavy (non-hydrogen) atoms. The van der Waals surface area contributed by atoms with E-state index < -0.39 is 10.9 Å². The number of nitro benzene ring substituents is 1. The molecule has 0 saturated heterocycles. The lowest BCUT2D eigenvalue weighted by Gasteiger charge is -2.17. The Kier molecular flexibility index (Phi) is 12.8. The molecule has 252 valence electrons. The summed E-state index contributed by atoms with van der Waals surface area (Å²) in [6, 6.07) is 21.8. The molecule has 0 aliphatic carbocycles. The molecule has 0 aromatic heterocycles. The van der Waals surface area contributed by atoms with Gasteiger partial charge < -0.3 is 43.8 Å². The maximum Gasteiger partial charge on any atom is 0.343 e. The predicted molar refractivity (Wildman–Crippen MR) is 183 cm³/mol. The number of esters is 1. The number of anilines is 2. The molecule has 0 saturated carbocycles. The number of nitro groups is 1. The summed E-state index contributed by atoms with van der Waals surface area (Å²) < 4.78 is 39.9. The van der Waals surface area contributed by atoms with Crippen LogP contribution in [0.4, 0.5) is 17.1 Å². The number of nitrogens with zero attached hydrogens (tertiary/aromatic N) is 1. The number of hydrogen-bond donors (Lipinski definition) is 2. The summed E-state index contributed by atoms with van der Waals surface area (Å²) >= 11 is 5.51. The summed E-state index contributed by atoms with van der Waals surface area (Å²) in [5.74, 6) is 0.384. The predicted octanol–water partition coefficient (Wildman–Crippen LogP) is 5.61. The molecule has 0 spiro atoms. The van der Waals surface area contributed by atoms with Gasteiger partial charge in [-0.25, -0.2) is 4.79 Å². The second-order valence-electron chi connectivity index (χ2n) is 10.3. The molecular weight excluding hydrogens is 642 g/mol. The Morgan fingerprint density at radius 3 is 1.85 bits per heavy atom. The van der Waals surface area contributed by atoms with E-state index in [2.05, 4.69) is 10.6 Å². The number of benzene rings is 4. The van der Waals surface area contributed by atoms with Crippen molar-refractivity contribution in [2.75, 3.05) is 76.7 Å². The Labute approximate surface area is 282 Å². The molecule has 0 bridgehead atoms. The van der Waals surface area contributed by atoms with Crippen LogP contribution in [0.2, 0.25) is 0 Å². The van der Waals surface area contributed by atoms with Gasteiger partial charge in [-0.05, 0) is 65.5 Å². The van der Waals surface area contributed by atoms with Gasteiger partial charge in [0.25, 0.3) is 5.69 Å². The molecule has 1 aliphatic heterocycles. The van der Waals surface area contributed by atoms with E-state index in [9.17, 15) is 14.9 Å². The first-order valence-corrected chi connectivity index (χ1v) is 15.6. The minimum Gasteiger partial charge on any atom is -0.487 e. The van der Waals surface area contributed by atoms with Crippen molar-refractivity contribution in [1.82, 2.24) is 0 Å². The number of thiocarbonyl (C=S) groups is 1. The number of fused-ring (bicyclic) bond motifs is 2. The average Bonchev–Trinajstić information content (AvgIpc) is 3.08. The Morgan fingerprint density at radius 1 is 0.688 bits per heavy atom. The third kappa shape index (κ3) is 10.3. The summed E-state index contributed by atoms with van der Waals surface area (Å²) in [7, 11) is 0. The molecule has 0 unspecified atom stereocenters. The van der Waals surface area contributed by atoms with E-state index in [1.54, 1.807) is 36.4 Å². The second-order valence-corrected chi connectivity index (χ2v) is 10.7. The third-order valence-corrected chi connectivity index (χ3v) is 7.10. The first-order valence-electron chi connectivity index (χ1n) is 15.2. The van der Waals surface area contributed by atoms with E-state index in [0.29, 0.717) is 75.7 Å². The van der Waals surface area contributed by atoms with Gasteiger partial charge in [-0.15, -0.1) is 0 Å². The van der Waals surface area contributed by atoms with Crippen LogP contribution in [0.3, 0.4) is 0 Å². The van der Waals surface area contributed by atoms with Crippen LogP contribution < -0.4 is 24.8 Å². The van der Waals surface area contributed by atoms with Crippen LogP contribution in [-0.2, 0) is 18.9 Å². The molecule has 0 radical (unpaired) electrons. The largest absolute Gasteiger partial charge is 0.487 e. The van der Waals surface area contributed by atoms with Crippen molar-refractivity contribution in [2.45, 2.75) is 0 Å². The molecule has 1 heterocycles. The number of carbonyl (C=O) groups is 1. The molecule has 14 heteroatoms. The highest BCUT2D eigenvalue weighted by Gasteiger charge is 2.18. The van der Waals surface area contributed by atoms with Gasteiger partial charge in [0.1, 0.15) is 13.2 Å². The summed E-state index contributed by atoms with van der Waals surface area (Å²) in [4.78, 5) is 24.0. The van der Waals surface area contributed by atoms with Crippen molar-refractivity contribution >= 4 is 51.1 Å². The van der Waals surface area contributed by atoms with Crippen molar-refractivity contribution in [3.63, 3.8) is 0 Å². The first-order chi connectivity index (χ1) is 23.5. The lowest BCUT2D eigenvalue weighted by atomic mass is 10.1. The Hall–Kier alpha value is -4.86. The third-order valence-electron chi connectivity index (χ3n) is 6.90. The molecule has 0 atom stereocenters. The van der Waals surface area contributed by atoms with Crippen molar-refractivity contribution in [2.24, 2.45) is 0 Å². The van der Waals surface area contributed by atoms with Gasteiger partial charge in [-0.3, -0.25) is 10.1 Å². The molecular formula is C34H35N3O10S. The van der Waals surface area contributed by atoms with Crippen LogP contribution in [0.5, 0.6) is 17.2 Å². The van der Waals surface area contributed by atoms with E-state index in [0.717, 1.165) is 10.8 Å². The van der Waals surface area contributed by atoms with Gasteiger partial charge in [0.05, 0.1) is 69.0 Å². The van der Waals surface area contributed by atoms with Crippen LogP contribution in [0.25, 0.3) is 10.8 Å². The van der Waals surface area contributed by atoms with Gasteiger partial charge >= 0.3 is 5.97 Å². The quantitative estimate of drug-likeness (QED) is 0.0887. The van der Waals surface area contributed by atoms with Crippen molar-refractivity contribution < 1.29 is 42.9 Å². The maximum absolute atomic E-state index is 13.5. The summed E-state index contributed by atoms with van der Waals surface area (Å²) in [6.07, 6.45) is 0. The van der Waals surface area contributed by atoms with Gasteiger partial charge in [-0.2, -0.15) is 0 Å². The molecule has 4 aromatic rings. The zero-order valence-electron chi connectivity index (χ0n) is 26.0. The summed E-state index contributed by atoms with van der Waals surface area (Å²) in [6.45, 7) is 3.77. The first kappa shape index (κ1) is 34.5. The average molecular weight is 678 g/mol. The highest BCUT2D eigenvalue weighted by Crippen LogP contribution is 2.33. The molecule has 4 aromatic carbocycles. The number of carbonyl (C=O) groups excluding carboxylic acids is 1. The monoisotopic (exact) mass is 677 g/mol. The van der Waals surface area contributed by atoms with Crippen LogP contribution in [0.15, 0.2) is 78.9 Å². The fraction of sp³-hybridized carbons (Fsp3) is 0.294. The molecule has 1 aliphatic rings. The van der Waals surface area contributed by atoms with Crippen LogP contribution in [0, 0.1) is 10.1 Å². The Bertz CT molecular complexity index is 1700. The van der Waals surface area contributed by atoms with Gasteiger partial charge in [0, 0.05) is 17.8 Å². The van der Waals surface area contributed by atoms with E-state index in [1.165, 1.54) is 12.1 Å². The van der Waals surface area contributed by atoms with E-state index >= 15 is 0 Å². The number of nitrogens with one attached hydrogen (secondary N) is 2. The summed E-state index contributed by atoms with van der Waals surface area (Å²) in [5.41, 5.74) is 1.17. The zero-order valence-corrected chi connectivity index (χ0v) is 26.8. The van der Waals surface area contributed by atoms with Crippen LogP contribution >= 0.6 is 12.2 Å². The highest BCUT2D eigenvalue weighted by atomic mass is 32.1. The van der Waals surface area contributed by atoms with Gasteiger partial charge in [-0.1, -0.05) is 24.3 Å². The number of hydrogen-bond acceptors (Lipinski definition) is 11. The molecule has 0 amide bonds. The standard InChI is InChI=1S/C34H35N3O10S/c38-33(26-5-10-30-32(23-26)46-20-18-44-16-14-42-12-11-41-13-15-43-17-19-45-30)47-31-22-25-4-2-1-3-24(25)21-29(31)36-34(48)35-27-6-8-28(9-7-27)37(39)40/h1-10,21-23H,11-20H2,(H2,35,36,48). The number of ether oxygens (including phenoxy) is 7. The van der Waals surface area contributed by atoms with Crippen LogP contribution in [0.1, 0.15) is 10.4 Å². The smallest absolute Gasteiger partial charge is 0.343 e. The maximum atomic E-state index is 13.5. The minimum absolute atomic E-state index is 0.0409. The molecule has 0 fully saturated rings. The normalized spacial score (nSPS) is 15.0. The van der Waals surface area contributed by atoms with Gasteiger partial charge in [0.2, 0.25) is 0 Å². The highest BCUT2D eigenvalue weighted by molar-refractivity contribution is 7.80. The molecule has 2 N–H and O–H groups in total. The lowest BCUT2D eigenvalue weighted by molar-refractivity contribution is -0.384. The Balaban J connectivity index is 1.31. The minimum atomic E-state index is -0.634. The Morgan fingerprint density at radius 2 is 1.25 bits per heavy atom. The number of rotatable bonds is 5.